The average Bonchev–Trinajstić information content (AvgIpc) is 2.10. The fraction of sp³-hybridized carbons (Fsp3) is 0.833. The van der Waals surface area contributed by atoms with Crippen LogP contribution < -0.4 is 0 Å². The second-order valence-electron chi connectivity index (χ2n) is 2.56. The largest absolute Gasteiger partial charge is 0.0999 e. The van der Waals surface area contributed by atoms with E-state index in [1.54, 1.807) is 0 Å². The molecule has 0 saturated heterocycles. The highest BCUT2D eigenvalue weighted by atomic mass is 13.9. The van der Waals surface area contributed by atoms with Crippen molar-refractivity contribution in [3.63, 3.8) is 0 Å². The van der Waals surface area contributed by atoms with Gasteiger partial charge in [-0.3, -0.25) is 0 Å². The van der Waals surface area contributed by atoms with Crippen LogP contribution in [0.25, 0.3) is 0 Å². The van der Waals surface area contributed by atoms with Crippen molar-refractivity contribution < 1.29 is 0 Å². The van der Waals surface area contributed by atoms with Crippen LogP contribution in [-0.2, 0) is 0 Å². The summed E-state index contributed by atoms with van der Waals surface area (Å²) in [6, 6.07) is 0. The van der Waals surface area contributed by atoms with Crippen LogP contribution >= 0.6 is 0 Å². The standard InChI is InChI=1S/C7H14.C3H8.C2H6/c1-4-6-7(3)5-2;1-3-2;1-2/h3-6H2,1-2H3;3H2,1-2H3;1-2H3. The second kappa shape index (κ2) is 22.4. The molecule has 0 aliphatic carbocycles. The quantitative estimate of drug-likeness (QED) is 0.514. The molecule has 0 aliphatic rings. The summed E-state index contributed by atoms with van der Waals surface area (Å²) in [4.78, 5) is 0. The van der Waals surface area contributed by atoms with Gasteiger partial charge >= 0.3 is 0 Å². The van der Waals surface area contributed by atoms with E-state index in [4.69, 9.17) is 0 Å². The molecule has 0 unspecified atom stereocenters. The van der Waals surface area contributed by atoms with Crippen molar-refractivity contribution in [2.24, 2.45) is 0 Å². The van der Waals surface area contributed by atoms with Crippen LogP contribution in [0.2, 0.25) is 0 Å². The minimum atomic E-state index is 1.15. The van der Waals surface area contributed by atoms with Gasteiger partial charge in [-0.05, 0) is 12.8 Å². The summed E-state index contributed by atoms with van der Waals surface area (Å²) in [5.74, 6) is 0. The molecule has 0 saturated carbocycles. The van der Waals surface area contributed by atoms with Gasteiger partial charge in [-0.15, -0.1) is 0 Å². The van der Waals surface area contributed by atoms with Gasteiger partial charge in [0.05, 0.1) is 0 Å². The molecule has 0 heterocycles. The summed E-state index contributed by atoms with van der Waals surface area (Å²) < 4.78 is 0. The maximum absolute atomic E-state index is 3.86. The summed E-state index contributed by atoms with van der Waals surface area (Å²) in [5.41, 5.74) is 1.38. The Balaban J connectivity index is -0.000000137. The fourth-order valence-electron chi connectivity index (χ4n) is 0.530. The molecular weight excluding hydrogens is 144 g/mol. The van der Waals surface area contributed by atoms with E-state index in [2.05, 4.69) is 34.3 Å². The molecule has 0 fully saturated rings. The molecule has 0 spiro atoms. The van der Waals surface area contributed by atoms with E-state index in [0.717, 1.165) is 6.42 Å². The number of hydrogen-bond donors (Lipinski definition) is 0. The molecule has 0 aromatic carbocycles. The summed E-state index contributed by atoms with van der Waals surface area (Å²) >= 11 is 0. The third kappa shape index (κ3) is 33.1. The highest BCUT2D eigenvalue weighted by Gasteiger charge is 1.83. The zero-order valence-electron chi connectivity index (χ0n) is 10.0. The molecule has 0 nitrogen and oxygen atoms in total. The zero-order chi connectivity index (χ0) is 10.4. The van der Waals surface area contributed by atoms with Crippen molar-refractivity contribution in [1.29, 1.82) is 0 Å². The number of rotatable bonds is 3. The maximum Gasteiger partial charge on any atom is -0.0326 e. The van der Waals surface area contributed by atoms with Crippen LogP contribution in [0.5, 0.6) is 0 Å². The van der Waals surface area contributed by atoms with Gasteiger partial charge in [-0.25, -0.2) is 0 Å². The summed E-state index contributed by atoms with van der Waals surface area (Å²) in [6.07, 6.45) is 4.84. The number of allylic oxidation sites excluding steroid dienone is 1. The first-order valence-electron chi connectivity index (χ1n) is 5.39. The first kappa shape index (κ1) is 17.7. The predicted octanol–water partition coefficient (Wildman–Crippen LogP) is 5.20. The highest BCUT2D eigenvalue weighted by molar-refractivity contribution is 4.91. The van der Waals surface area contributed by atoms with Gasteiger partial charge < -0.3 is 0 Å². The van der Waals surface area contributed by atoms with E-state index < -0.39 is 0 Å². The predicted molar refractivity (Wildman–Crippen MR) is 61.7 cm³/mol. The van der Waals surface area contributed by atoms with Gasteiger partial charge in [-0.2, -0.15) is 0 Å². The van der Waals surface area contributed by atoms with Gasteiger partial charge in [0.15, 0.2) is 0 Å². The lowest BCUT2D eigenvalue weighted by molar-refractivity contribution is 0.863. The molecule has 0 rings (SSSR count). The lowest BCUT2D eigenvalue weighted by Crippen LogP contribution is -1.73. The minimum Gasteiger partial charge on any atom is -0.0999 e. The Morgan fingerprint density at radius 3 is 1.42 bits per heavy atom. The third-order valence-electron chi connectivity index (χ3n) is 1.10. The Kier molecular flexibility index (Phi) is 33.1. The van der Waals surface area contributed by atoms with Crippen molar-refractivity contribution >= 4 is 0 Å². The Morgan fingerprint density at radius 1 is 1.00 bits per heavy atom. The Morgan fingerprint density at radius 2 is 1.33 bits per heavy atom. The van der Waals surface area contributed by atoms with Gasteiger partial charge in [-0.1, -0.05) is 66.5 Å². The van der Waals surface area contributed by atoms with E-state index >= 15 is 0 Å². The van der Waals surface area contributed by atoms with E-state index in [1.807, 2.05) is 13.8 Å². The number of hydrogen-bond acceptors (Lipinski definition) is 0. The van der Waals surface area contributed by atoms with Crippen LogP contribution in [0.1, 0.15) is 67.2 Å². The lowest BCUT2D eigenvalue weighted by Gasteiger charge is -1.94. The topological polar surface area (TPSA) is 0 Å². The van der Waals surface area contributed by atoms with Crippen molar-refractivity contribution in [2.75, 3.05) is 0 Å². The minimum absolute atomic E-state index is 1.15. The second-order valence-corrected chi connectivity index (χ2v) is 2.56. The molecule has 0 bridgehead atoms. The van der Waals surface area contributed by atoms with Crippen molar-refractivity contribution in [2.45, 2.75) is 67.2 Å². The Labute approximate surface area is 80.1 Å². The normalized spacial score (nSPS) is 7.17. The maximum atomic E-state index is 3.86. The molecule has 0 N–H and O–H groups in total. The van der Waals surface area contributed by atoms with E-state index in [9.17, 15) is 0 Å². The van der Waals surface area contributed by atoms with Crippen LogP contribution in [-0.4, -0.2) is 0 Å². The first-order chi connectivity index (χ1) is 5.72. The molecule has 0 radical (unpaired) electrons. The van der Waals surface area contributed by atoms with Gasteiger partial charge in [0.1, 0.15) is 0 Å². The fourth-order valence-corrected chi connectivity index (χ4v) is 0.530. The molecule has 0 atom stereocenters. The van der Waals surface area contributed by atoms with Crippen LogP contribution in [0.15, 0.2) is 12.2 Å². The van der Waals surface area contributed by atoms with E-state index in [-0.39, 0.29) is 0 Å². The Hall–Kier alpha value is -0.260. The SMILES string of the molecule is C=C(CC)CCC.CC.CCC. The van der Waals surface area contributed by atoms with Gasteiger partial charge in [0.2, 0.25) is 0 Å². The highest BCUT2D eigenvalue weighted by Crippen LogP contribution is 2.03. The van der Waals surface area contributed by atoms with Crippen molar-refractivity contribution in [3.05, 3.63) is 12.2 Å². The van der Waals surface area contributed by atoms with Crippen molar-refractivity contribution in [1.82, 2.24) is 0 Å². The van der Waals surface area contributed by atoms with Gasteiger partial charge in [0, 0.05) is 0 Å². The summed E-state index contributed by atoms with van der Waals surface area (Å²) in [6.45, 7) is 16.4. The monoisotopic (exact) mass is 172 g/mol. The van der Waals surface area contributed by atoms with Crippen LogP contribution in [0.3, 0.4) is 0 Å². The average molecular weight is 172 g/mol. The Bertz CT molecular complexity index is 62.4. The van der Waals surface area contributed by atoms with E-state index in [1.165, 1.54) is 24.8 Å². The van der Waals surface area contributed by atoms with Crippen LogP contribution in [0, 0.1) is 0 Å². The first-order valence-corrected chi connectivity index (χ1v) is 5.39. The summed E-state index contributed by atoms with van der Waals surface area (Å²) in [5, 5.41) is 0. The molecular formula is C12H28. The van der Waals surface area contributed by atoms with Crippen LogP contribution in [0.4, 0.5) is 0 Å². The molecule has 0 heteroatoms. The summed E-state index contributed by atoms with van der Waals surface area (Å²) in [7, 11) is 0. The zero-order valence-corrected chi connectivity index (χ0v) is 10.0. The molecule has 0 aromatic heterocycles. The molecule has 0 aliphatic heterocycles. The molecule has 0 aromatic rings. The van der Waals surface area contributed by atoms with E-state index in [0.29, 0.717) is 0 Å². The molecule has 0 amide bonds. The smallest absolute Gasteiger partial charge is 0.0326 e. The molecule has 76 valence electrons. The van der Waals surface area contributed by atoms with Gasteiger partial charge in [0.25, 0.3) is 0 Å². The lowest BCUT2D eigenvalue weighted by atomic mass is 10.1. The molecule has 12 heavy (non-hydrogen) atoms. The third-order valence-corrected chi connectivity index (χ3v) is 1.10. The van der Waals surface area contributed by atoms with Crippen molar-refractivity contribution in [3.8, 4) is 0 Å².